The quantitative estimate of drug-likeness (QED) is 0.765. The number of halogens is 1. The summed E-state index contributed by atoms with van der Waals surface area (Å²) in [4.78, 5) is 0. The Bertz CT molecular complexity index is 587. The van der Waals surface area contributed by atoms with Crippen LogP contribution in [0.2, 0.25) is 0 Å². The minimum absolute atomic E-state index is 0.208. The topological polar surface area (TPSA) is 41.5 Å². The van der Waals surface area contributed by atoms with Crippen molar-refractivity contribution in [3.63, 3.8) is 0 Å². The number of nitrogens with one attached hydrogen (secondary N) is 1. The first-order valence-electron chi connectivity index (χ1n) is 7.09. The van der Waals surface area contributed by atoms with Gasteiger partial charge in [0.2, 0.25) is 0 Å². The molecule has 0 bridgehead atoms. The van der Waals surface area contributed by atoms with Crippen LogP contribution in [0.3, 0.4) is 0 Å². The van der Waals surface area contributed by atoms with E-state index in [1.54, 1.807) is 24.3 Å². The molecule has 2 aromatic carbocycles. The number of ether oxygens (including phenoxy) is 1. The molecule has 0 heterocycles. The molecule has 2 rings (SSSR count). The molecule has 112 valence electrons. The van der Waals surface area contributed by atoms with Gasteiger partial charge >= 0.3 is 0 Å². The van der Waals surface area contributed by atoms with Gasteiger partial charge in [0.25, 0.3) is 0 Å². The van der Waals surface area contributed by atoms with E-state index in [0.717, 1.165) is 24.1 Å². The summed E-state index contributed by atoms with van der Waals surface area (Å²) in [5.74, 6) is 0.594. The average Bonchev–Trinajstić information content (AvgIpc) is 2.47. The Morgan fingerprint density at radius 1 is 1.19 bits per heavy atom. The molecule has 0 aliphatic carbocycles. The van der Waals surface area contributed by atoms with Gasteiger partial charge in [-0.15, -0.1) is 0 Å². The lowest BCUT2D eigenvalue weighted by atomic mass is 10.2. The van der Waals surface area contributed by atoms with E-state index in [1.165, 1.54) is 12.1 Å². The molecule has 2 N–H and O–H groups in total. The zero-order valence-electron chi connectivity index (χ0n) is 12.1. The summed E-state index contributed by atoms with van der Waals surface area (Å²) in [6.45, 7) is 3.86. The summed E-state index contributed by atoms with van der Waals surface area (Å²) < 4.78 is 19.1. The molecular formula is C17H20FNO2. The molecule has 0 saturated carbocycles. The highest BCUT2D eigenvalue weighted by Gasteiger charge is 2.06. The molecule has 0 atom stereocenters. The van der Waals surface area contributed by atoms with Gasteiger partial charge in [-0.1, -0.05) is 19.1 Å². The van der Waals surface area contributed by atoms with Crippen molar-refractivity contribution in [2.24, 2.45) is 0 Å². The number of rotatable bonds is 7. The van der Waals surface area contributed by atoms with E-state index in [4.69, 9.17) is 4.74 Å². The van der Waals surface area contributed by atoms with Crippen LogP contribution in [0.1, 0.15) is 24.5 Å². The van der Waals surface area contributed by atoms with E-state index in [-0.39, 0.29) is 11.6 Å². The van der Waals surface area contributed by atoms with E-state index in [1.807, 2.05) is 6.07 Å². The van der Waals surface area contributed by atoms with Crippen LogP contribution in [0.5, 0.6) is 11.5 Å². The van der Waals surface area contributed by atoms with E-state index in [9.17, 15) is 9.50 Å². The van der Waals surface area contributed by atoms with E-state index >= 15 is 0 Å². The van der Waals surface area contributed by atoms with Crippen molar-refractivity contribution in [1.29, 1.82) is 0 Å². The summed E-state index contributed by atoms with van der Waals surface area (Å²) >= 11 is 0. The largest absolute Gasteiger partial charge is 0.508 e. The molecule has 0 aliphatic heterocycles. The summed E-state index contributed by atoms with van der Waals surface area (Å²) in [5, 5.41) is 12.7. The third kappa shape index (κ3) is 4.76. The molecule has 2 aromatic rings. The number of hydrogen-bond acceptors (Lipinski definition) is 3. The third-order valence-corrected chi connectivity index (χ3v) is 3.07. The molecule has 0 unspecified atom stereocenters. The Morgan fingerprint density at radius 3 is 2.81 bits per heavy atom. The first-order valence-corrected chi connectivity index (χ1v) is 7.09. The highest BCUT2D eigenvalue weighted by atomic mass is 19.1. The Morgan fingerprint density at radius 2 is 2.05 bits per heavy atom. The summed E-state index contributed by atoms with van der Waals surface area (Å²) in [6.07, 6.45) is 1.02. The third-order valence-electron chi connectivity index (χ3n) is 3.07. The zero-order valence-corrected chi connectivity index (χ0v) is 12.1. The fraction of sp³-hybridized carbons (Fsp3) is 0.294. The second-order valence-electron chi connectivity index (χ2n) is 4.89. The second kappa shape index (κ2) is 7.64. The fourth-order valence-electron chi connectivity index (χ4n) is 2.03. The lowest BCUT2D eigenvalue weighted by Crippen LogP contribution is -2.15. The first kappa shape index (κ1) is 15.3. The van der Waals surface area contributed by atoms with Gasteiger partial charge in [-0.05, 0) is 48.9 Å². The van der Waals surface area contributed by atoms with Crippen molar-refractivity contribution in [2.75, 3.05) is 6.54 Å². The van der Waals surface area contributed by atoms with Gasteiger partial charge in [0, 0.05) is 12.1 Å². The fourth-order valence-corrected chi connectivity index (χ4v) is 2.03. The van der Waals surface area contributed by atoms with Crippen LogP contribution in [0.4, 0.5) is 4.39 Å². The second-order valence-corrected chi connectivity index (χ2v) is 4.89. The number of phenolic OH excluding ortho intramolecular Hbond substituents is 1. The Balaban J connectivity index is 2.04. The van der Waals surface area contributed by atoms with Gasteiger partial charge in [-0.3, -0.25) is 0 Å². The van der Waals surface area contributed by atoms with Crippen LogP contribution in [-0.4, -0.2) is 11.7 Å². The van der Waals surface area contributed by atoms with Gasteiger partial charge in [-0.25, -0.2) is 4.39 Å². The van der Waals surface area contributed by atoms with Crippen LogP contribution >= 0.6 is 0 Å². The Labute approximate surface area is 124 Å². The molecule has 0 aliphatic rings. The molecule has 0 fully saturated rings. The molecule has 0 amide bonds. The van der Waals surface area contributed by atoms with Gasteiger partial charge in [0.15, 0.2) is 0 Å². The van der Waals surface area contributed by atoms with Gasteiger partial charge in [-0.2, -0.15) is 0 Å². The lowest BCUT2D eigenvalue weighted by molar-refractivity contribution is 0.301. The minimum atomic E-state index is -0.270. The Kier molecular flexibility index (Phi) is 5.58. The van der Waals surface area contributed by atoms with Crippen LogP contribution in [0.15, 0.2) is 42.5 Å². The van der Waals surface area contributed by atoms with Crippen molar-refractivity contribution in [1.82, 2.24) is 5.32 Å². The van der Waals surface area contributed by atoms with E-state index in [2.05, 4.69) is 12.2 Å². The lowest BCUT2D eigenvalue weighted by Gasteiger charge is -2.12. The number of benzene rings is 2. The maximum absolute atomic E-state index is 13.4. The highest BCUT2D eigenvalue weighted by molar-refractivity contribution is 5.34. The SMILES string of the molecule is CCCNCc1cc(F)ccc1OCc1cccc(O)c1. The minimum Gasteiger partial charge on any atom is -0.508 e. The van der Waals surface area contributed by atoms with Gasteiger partial charge < -0.3 is 15.2 Å². The molecule has 21 heavy (non-hydrogen) atoms. The number of aromatic hydroxyl groups is 1. The van der Waals surface area contributed by atoms with Crippen LogP contribution in [0.25, 0.3) is 0 Å². The normalized spacial score (nSPS) is 10.6. The summed E-state index contributed by atoms with van der Waals surface area (Å²) in [7, 11) is 0. The molecule has 3 nitrogen and oxygen atoms in total. The molecule has 0 aromatic heterocycles. The van der Waals surface area contributed by atoms with Crippen LogP contribution < -0.4 is 10.1 Å². The maximum Gasteiger partial charge on any atom is 0.124 e. The predicted molar refractivity (Wildman–Crippen MR) is 80.8 cm³/mol. The summed E-state index contributed by atoms with van der Waals surface area (Å²) in [5.41, 5.74) is 1.66. The van der Waals surface area contributed by atoms with Crippen molar-refractivity contribution >= 4 is 0 Å². The number of phenols is 1. The molecule has 4 heteroatoms. The van der Waals surface area contributed by atoms with Crippen LogP contribution in [0, 0.1) is 5.82 Å². The van der Waals surface area contributed by atoms with Gasteiger partial charge in [0.1, 0.15) is 23.9 Å². The average molecular weight is 289 g/mol. The van der Waals surface area contributed by atoms with Crippen molar-refractivity contribution in [3.05, 3.63) is 59.4 Å². The molecular weight excluding hydrogens is 269 g/mol. The van der Waals surface area contributed by atoms with E-state index in [0.29, 0.717) is 18.9 Å². The van der Waals surface area contributed by atoms with Gasteiger partial charge in [0.05, 0.1) is 0 Å². The smallest absolute Gasteiger partial charge is 0.124 e. The van der Waals surface area contributed by atoms with Crippen molar-refractivity contribution in [3.8, 4) is 11.5 Å². The van der Waals surface area contributed by atoms with E-state index < -0.39 is 0 Å². The Hall–Kier alpha value is -2.07. The molecule has 0 saturated heterocycles. The zero-order chi connectivity index (χ0) is 15.1. The van der Waals surface area contributed by atoms with Crippen molar-refractivity contribution in [2.45, 2.75) is 26.5 Å². The summed E-state index contributed by atoms with van der Waals surface area (Å²) in [6, 6.07) is 11.4. The standard InChI is InChI=1S/C17H20FNO2/c1-2-8-19-11-14-10-15(18)6-7-17(14)21-12-13-4-3-5-16(20)9-13/h3-7,9-10,19-20H,2,8,11-12H2,1H3. The molecule has 0 radical (unpaired) electrons. The highest BCUT2D eigenvalue weighted by Crippen LogP contribution is 2.21. The molecule has 0 spiro atoms. The van der Waals surface area contributed by atoms with Crippen LogP contribution in [-0.2, 0) is 13.2 Å². The first-order chi connectivity index (χ1) is 10.2. The monoisotopic (exact) mass is 289 g/mol. The maximum atomic E-state index is 13.4. The number of hydrogen-bond donors (Lipinski definition) is 2. The predicted octanol–water partition coefficient (Wildman–Crippen LogP) is 3.61. The van der Waals surface area contributed by atoms with Crippen molar-refractivity contribution < 1.29 is 14.2 Å².